The molecule has 1 aromatic carbocycles. The van der Waals surface area contributed by atoms with Crippen LogP contribution in [-0.4, -0.2) is 31.1 Å². The minimum absolute atomic E-state index is 0.208. The fourth-order valence-corrected chi connectivity index (χ4v) is 1.90. The SMILES string of the molecule is CCN1CCOC(c2ccc(N)cc2)C1. The molecule has 0 saturated carbocycles. The molecule has 1 atom stereocenters. The average molecular weight is 206 g/mol. The highest BCUT2D eigenvalue weighted by Gasteiger charge is 2.20. The van der Waals surface area contributed by atoms with Gasteiger partial charge in [0.2, 0.25) is 0 Å². The smallest absolute Gasteiger partial charge is 0.0952 e. The molecule has 1 aromatic rings. The Balaban J connectivity index is 2.06. The predicted molar refractivity (Wildman–Crippen MR) is 61.7 cm³/mol. The third-order valence-corrected chi connectivity index (χ3v) is 2.91. The number of hydrogen-bond acceptors (Lipinski definition) is 3. The number of nitrogens with two attached hydrogens (primary N) is 1. The van der Waals surface area contributed by atoms with Gasteiger partial charge < -0.3 is 10.5 Å². The molecule has 0 aromatic heterocycles. The molecule has 3 nitrogen and oxygen atoms in total. The molecule has 3 heteroatoms. The van der Waals surface area contributed by atoms with Gasteiger partial charge in [-0.25, -0.2) is 0 Å². The maximum Gasteiger partial charge on any atom is 0.0952 e. The number of likely N-dealkylation sites (N-methyl/N-ethyl adjacent to an activating group) is 1. The van der Waals surface area contributed by atoms with Crippen LogP contribution in [0, 0.1) is 0 Å². The van der Waals surface area contributed by atoms with Crippen LogP contribution in [0.1, 0.15) is 18.6 Å². The van der Waals surface area contributed by atoms with E-state index in [0.717, 1.165) is 31.9 Å². The third kappa shape index (κ3) is 2.49. The Morgan fingerprint density at radius 1 is 1.40 bits per heavy atom. The Labute approximate surface area is 90.8 Å². The van der Waals surface area contributed by atoms with Gasteiger partial charge in [0.25, 0.3) is 0 Å². The lowest BCUT2D eigenvalue weighted by atomic mass is 10.1. The Kier molecular flexibility index (Phi) is 3.23. The van der Waals surface area contributed by atoms with Crippen LogP contribution in [0.25, 0.3) is 0 Å². The second-order valence-corrected chi connectivity index (χ2v) is 3.92. The summed E-state index contributed by atoms with van der Waals surface area (Å²) >= 11 is 0. The molecule has 1 fully saturated rings. The normalized spacial score (nSPS) is 22.9. The standard InChI is InChI=1S/C12H18N2O/c1-2-14-7-8-15-12(9-14)10-3-5-11(13)6-4-10/h3-6,12H,2,7-9,13H2,1H3. The summed E-state index contributed by atoms with van der Waals surface area (Å²) in [6, 6.07) is 7.98. The van der Waals surface area contributed by atoms with Crippen molar-refractivity contribution >= 4 is 5.69 Å². The van der Waals surface area contributed by atoms with E-state index in [2.05, 4.69) is 24.0 Å². The number of nitrogen functional groups attached to an aromatic ring is 1. The molecule has 0 bridgehead atoms. The van der Waals surface area contributed by atoms with Crippen LogP contribution in [0.5, 0.6) is 0 Å². The third-order valence-electron chi connectivity index (χ3n) is 2.91. The van der Waals surface area contributed by atoms with Crippen molar-refractivity contribution < 1.29 is 4.74 Å². The van der Waals surface area contributed by atoms with E-state index in [-0.39, 0.29) is 6.10 Å². The highest BCUT2D eigenvalue weighted by atomic mass is 16.5. The zero-order chi connectivity index (χ0) is 10.7. The number of hydrogen-bond donors (Lipinski definition) is 1. The van der Waals surface area contributed by atoms with Gasteiger partial charge in [-0.05, 0) is 24.2 Å². The predicted octanol–water partition coefficient (Wildman–Crippen LogP) is 1.66. The molecule has 15 heavy (non-hydrogen) atoms. The largest absolute Gasteiger partial charge is 0.399 e. The van der Waals surface area contributed by atoms with Gasteiger partial charge in [0.15, 0.2) is 0 Å². The van der Waals surface area contributed by atoms with E-state index in [4.69, 9.17) is 10.5 Å². The molecule has 0 spiro atoms. The molecule has 2 rings (SSSR count). The van der Waals surface area contributed by atoms with Crippen LogP contribution in [0.3, 0.4) is 0 Å². The van der Waals surface area contributed by atoms with Gasteiger partial charge in [-0.3, -0.25) is 4.90 Å². The van der Waals surface area contributed by atoms with Gasteiger partial charge in [-0.15, -0.1) is 0 Å². The molecule has 1 unspecified atom stereocenters. The van der Waals surface area contributed by atoms with Crippen molar-refractivity contribution in [2.75, 3.05) is 32.0 Å². The molecule has 0 aliphatic carbocycles. The van der Waals surface area contributed by atoms with Crippen molar-refractivity contribution in [2.24, 2.45) is 0 Å². The van der Waals surface area contributed by atoms with Crippen molar-refractivity contribution in [2.45, 2.75) is 13.0 Å². The van der Waals surface area contributed by atoms with Crippen LogP contribution in [0.2, 0.25) is 0 Å². The minimum atomic E-state index is 0.208. The number of ether oxygens (including phenoxy) is 1. The fraction of sp³-hybridized carbons (Fsp3) is 0.500. The average Bonchev–Trinajstić information content (AvgIpc) is 2.30. The summed E-state index contributed by atoms with van der Waals surface area (Å²) < 4.78 is 5.75. The molecule has 2 N–H and O–H groups in total. The molecule has 1 aliphatic rings. The van der Waals surface area contributed by atoms with Crippen LogP contribution in [-0.2, 0) is 4.74 Å². The van der Waals surface area contributed by atoms with Gasteiger partial charge in [-0.1, -0.05) is 19.1 Å². The summed E-state index contributed by atoms with van der Waals surface area (Å²) in [6.07, 6.45) is 0.208. The lowest BCUT2D eigenvalue weighted by Crippen LogP contribution is -2.38. The first-order valence-corrected chi connectivity index (χ1v) is 5.49. The first-order valence-electron chi connectivity index (χ1n) is 5.49. The van der Waals surface area contributed by atoms with Gasteiger partial charge in [0, 0.05) is 18.8 Å². The highest BCUT2D eigenvalue weighted by molar-refractivity contribution is 5.40. The molecule has 82 valence electrons. The quantitative estimate of drug-likeness (QED) is 0.748. The second kappa shape index (κ2) is 4.64. The van der Waals surface area contributed by atoms with Gasteiger partial charge in [-0.2, -0.15) is 0 Å². The lowest BCUT2D eigenvalue weighted by molar-refractivity contribution is -0.0281. The summed E-state index contributed by atoms with van der Waals surface area (Å²) in [4.78, 5) is 2.41. The Morgan fingerprint density at radius 2 is 2.13 bits per heavy atom. The van der Waals surface area contributed by atoms with Crippen LogP contribution in [0.15, 0.2) is 24.3 Å². The number of morpholine rings is 1. The molecular formula is C12H18N2O. The lowest BCUT2D eigenvalue weighted by Gasteiger charge is -2.32. The van der Waals surface area contributed by atoms with E-state index in [9.17, 15) is 0 Å². The maximum absolute atomic E-state index is 5.75. The zero-order valence-corrected chi connectivity index (χ0v) is 9.15. The van der Waals surface area contributed by atoms with Gasteiger partial charge in [0.05, 0.1) is 12.7 Å². The van der Waals surface area contributed by atoms with E-state index >= 15 is 0 Å². The van der Waals surface area contributed by atoms with E-state index in [0.29, 0.717) is 0 Å². The van der Waals surface area contributed by atoms with Gasteiger partial charge >= 0.3 is 0 Å². The van der Waals surface area contributed by atoms with E-state index in [1.165, 1.54) is 5.56 Å². The van der Waals surface area contributed by atoms with E-state index in [1.807, 2.05) is 12.1 Å². The molecule has 0 amide bonds. The Morgan fingerprint density at radius 3 is 2.80 bits per heavy atom. The van der Waals surface area contributed by atoms with Gasteiger partial charge in [0.1, 0.15) is 0 Å². The number of benzene rings is 1. The van der Waals surface area contributed by atoms with Crippen molar-refractivity contribution in [1.82, 2.24) is 4.90 Å². The number of nitrogens with zero attached hydrogens (tertiary/aromatic N) is 1. The molecule has 1 heterocycles. The van der Waals surface area contributed by atoms with E-state index in [1.54, 1.807) is 0 Å². The monoisotopic (exact) mass is 206 g/mol. The first kappa shape index (κ1) is 10.5. The fourth-order valence-electron chi connectivity index (χ4n) is 1.90. The van der Waals surface area contributed by atoms with Crippen molar-refractivity contribution in [3.8, 4) is 0 Å². The van der Waals surface area contributed by atoms with Crippen molar-refractivity contribution in [3.63, 3.8) is 0 Å². The zero-order valence-electron chi connectivity index (χ0n) is 9.15. The van der Waals surface area contributed by atoms with E-state index < -0.39 is 0 Å². The number of rotatable bonds is 2. The Bertz CT molecular complexity index is 310. The molecule has 0 radical (unpaired) electrons. The van der Waals surface area contributed by atoms with Crippen LogP contribution >= 0.6 is 0 Å². The molecular weight excluding hydrogens is 188 g/mol. The first-order chi connectivity index (χ1) is 7.29. The van der Waals surface area contributed by atoms with Crippen molar-refractivity contribution in [1.29, 1.82) is 0 Å². The van der Waals surface area contributed by atoms with Crippen LogP contribution < -0.4 is 5.73 Å². The highest BCUT2D eigenvalue weighted by Crippen LogP contribution is 2.22. The topological polar surface area (TPSA) is 38.5 Å². The summed E-state index contributed by atoms with van der Waals surface area (Å²) in [5.74, 6) is 0. The summed E-state index contributed by atoms with van der Waals surface area (Å²) in [6.45, 7) is 6.13. The second-order valence-electron chi connectivity index (χ2n) is 3.92. The summed E-state index contributed by atoms with van der Waals surface area (Å²) in [5.41, 5.74) is 7.69. The summed E-state index contributed by atoms with van der Waals surface area (Å²) in [5, 5.41) is 0. The number of anilines is 1. The minimum Gasteiger partial charge on any atom is -0.399 e. The maximum atomic E-state index is 5.75. The van der Waals surface area contributed by atoms with Crippen LogP contribution in [0.4, 0.5) is 5.69 Å². The Hall–Kier alpha value is -1.06. The summed E-state index contributed by atoms with van der Waals surface area (Å²) in [7, 11) is 0. The van der Waals surface area contributed by atoms with Crippen molar-refractivity contribution in [3.05, 3.63) is 29.8 Å². The molecule has 1 saturated heterocycles. The molecule has 1 aliphatic heterocycles.